The summed E-state index contributed by atoms with van der Waals surface area (Å²) in [6.45, 7) is 7.25. The van der Waals surface area contributed by atoms with E-state index in [2.05, 4.69) is 14.6 Å². The molecule has 1 amide bonds. The number of phenolic OH excluding ortho intramolecular Hbond substituents is 1. The van der Waals surface area contributed by atoms with Crippen molar-refractivity contribution < 1.29 is 29.3 Å². The van der Waals surface area contributed by atoms with Crippen molar-refractivity contribution >= 4 is 28.7 Å². The van der Waals surface area contributed by atoms with E-state index in [0.29, 0.717) is 25.4 Å². The summed E-state index contributed by atoms with van der Waals surface area (Å²) in [6, 6.07) is 5.12. The summed E-state index contributed by atoms with van der Waals surface area (Å²) in [5.41, 5.74) is 5.98. The fraction of sp³-hybridized carbons (Fsp3) is 0.542. The summed E-state index contributed by atoms with van der Waals surface area (Å²) in [5.74, 6) is 0.0658. The van der Waals surface area contributed by atoms with Crippen molar-refractivity contribution in [3.8, 4) is 11.5 Å². The van der Waals surface area contributed by atoms with Crippen LogP contribution in [0.25, 0.3) is 10.9 Å². The van der Waals surface area contributed by atoms with Crippen molar-refractivity contribution in [3.05, 3.63) is 24.4 Å². The number of aliphatic carboxylic acids is 1. The van der Waals surface area contributed by atoms with Gasteiger partial charge < -0.3 is 30.3 Å². The van der Waals surface area contributed by atoms with Crippen molar-refractivity contribution in [2.45, 2.75) is 52.1 Å². The van der Waals surface area contributed by atoms with Crippen LogP contribution in [0.5, 0.6) is 11.5 Å². The van der Waals surface area contributed by atoms with E-state index in [-0.39, 0.29) is 17.6 Å². The van der Waals surface area contributed by atoms with Crippen LogP contribution in [0.3, 0.4) is 0 Å². The smallest absolute Gasteiger partial charge is 0.405 e. The number of benzene rings is 1. The normalized spacial score (nSPS) is 20.2. The van der Waals surface area contributed by atoms with E-state index in [4.69, 9.17) is 10.5 Å². The van der Waals surface area contributed by atoms with Crippen molar-refractivity contribution in [2.75, 3.05) is 24.6 Å². The van der Waals surface area contributed by atoms with Gasteiger partial charge in [-0.2, -0.15) is 0 Å². The summed E-state index contributed by atoms with van der Waals surface area (Å²) < 4.78 is 10.3. The van der Waals surface area contributed by atoms with Crippen LogP contribution < -0.4 is 15.4 Å². The molecule has 0 radical (unpaired) electrons. The number of hydrogen-bond acceptors (Lipinski definition) is 7. The van der Waals surface area contributed by atoms with Gasteiger partial charge in [0.05, 0.1) is 29.9 Å². The molecule has 2 atom stereocenters. The Morgan fingerprint density at radius 3 is 2.64 bits per heavy atom. The first kappa shape index (κ1) is 24.4. The van der Waals surface area contributed by atoms with E-state index in [9.17, 15) is 19.8 Å². The molecule has 1 aromatic carbocycles. The number of primary amides is 1. The number of pyridine rings is 1. The number of anilines is 1. The summed E-state index contributed by atoms with van der Waals surface area (Å²) in [5, 5.41) is 20.3. The first-order valence-electron chi connectivity index (χ1n) is 11.3. The number of carboxylic acid groups (broad SMARTS) is 1. The fourth-order valence-electron chi connectivity index (χ4n) is 4.48. The highest BCUT2D eigenvalue weighted by molar-refractivity contribution is 5.96. The van der Waals surface area contributed by atoms with Crippen LogP contribution in [0.1, 0.15) is 46.5 Å². The van der Waals surface area contributed by atoms with E-state index in [1.54, 1.807) is 45.2 Å². The maximum absolute atomic E-state index is 11.6. The second-order valence-corrected chi connectivity index (χ2v) is 9.49. The fourth-order valence-corrected chi connectivity index (χ4v) is 4.48. The predicted molar refractivity (Wildman–Crippen MR) is 125 cm³/mol. The predicted octanol–water partition coefficient (Wildman–Crippen LogP) is 3.91. The molecule has 1 saturated carbocycles. The number of ether oxygens (including phenoxy) is 2. The van der Waals surface area contributed by atoms with Gasteiger partial charge in [0.25, 0.3) is 0 Å². The molecule has 2 aromatic rings. The first-order chi connectivity index (χ1) is 15.5. The minimum atomic E-state index is -0.725. The number of amides is 1. The standard InChI is InChI=1S/C19H22N2O4.C5H11NO2/c22-13-5-6-16-15(9-13)18-17(10-20-16)25-8-7-21(18)11-12-3-1-2-4-14(12)19(23)24;1-5(2,3)8-4(6)7/h5-6,9-10,12,14,22H,1-4,7-8,11H2,(H,23,24);1-3H3,(H2,6,7)/t12-,14?;/m1./s1. The van der Waals surface area contributed by atoms with Crippen molar-refractivity contribution in [1.82, 2.24) is 4.98 Å². The monoisotopic (exact) mass is 459 g/mol. The van der Waals surface area contributed by atoms with Crippen LogP contribution in [0.4, 0.5) is 10.5 Å². The Kier molecular flexibility index (Phi) is 7.50. The first-order valence-corrected chi connectivity index (χ1v) is 11.3. The molecule has 1 aromatic heterocycles. The Bertz CT molecular complexity index is 1000. The van der Waals surface area contributed by atoms with Gasteiger partial charge in [-0.3, -0.25) is 9.78 Å². The van der Waals surface area contributed by atoms with E-state index >= 15 is 0 Å². The van der Waals surface area contributed by atoms with Gasteiger partial charge in [-0.05, 0) is 57.7 Å². The molecule has 4 N–H and O–H groups in total. The number of nitrogens with zero attached hydrogens (tertiary/aromatic N) is 2. The van der Waals surface area contributed by atoms with Gasteiger partial charge in [-0.1, -0.05) is 12.8 Å². The molecule has 2 heterocycles. The van der Waals surface area contributed by atoms with Crippen LogP contribution in [0, 0.1) is 11.8 Å². The maximum atomic E-state index is 11.6. The molecule has 180 valence electrons. The number of rotatable bonds is 3. The average molecular weight is 460 g/mol. The zero-order valence-electron chi connectivity index (χ0n) is 19.4. The van der Waals surface area contributed by atoms with E-state index in [1.165, 1.54) is 0 Å². The van der Waals surface area contributed by atoms with Gasteiger partial charge >= 0.3 is 12.1 Å². The third kappa shape index (κ3) is 6.40. The largest absolute Gasteiger partial charge is 0.508 e. The summed E-state index contributed by atoms with van der Waals surface area (Å²) in [4.78, 5) is 28.3. The highest BCUT2D eigenvalue weighted by Gasteiger charge is 2.33. The number of carbonyl (C=O) groups excluding carboxylic acids is 1. The summed E-state index contributed by atoms with van der Waals surface area (Å²) in [7, 11) is 0. The minimum Gasteiger partial charge on any atom is -0.508 e. The van der Waals surface area contributed by atoms with Crippen molar-refractivity contribution in [3.63, 3.8) is 0 Å². The van der Waals surface area contributed by atoms with Gasteiger partial charge in [-0.15, -0.1) is 0 Å². The molecule has 9 nitrogen and oxygen atoms in total. The summed E-state index contributed by atoms with van der Waals surface area (Å²) >= 11 is 0. The van der Waals surface area contributed by atoms with Crippen molar-refractivity contribution in [1.29, 1.82) is 0 Å². The molecule has 0 bridgehead atoms. The number of fused-ring (bicyclic) bond motifs is 3. The number of aromatic hydroxyl groups is 1. The second-order valence-electron chi connectivity index (χ2n) is 9.49. The van der Waals surface area contributed by atoms with E-state index < -0.39 is 17.7 Å². The quantitative estimate of drug-likeness (QED) is 0.629. The lowest BCUT2D eigenvalue weighted by molar-refractivity contribution is -0.144. The molecule has 1 unspecified atom stereocenters. The Labute approximate surface area is 193 Å². The van der Waals surface area contributed by atoms with Gasteiger partial charge in [0.15, 0.2) is 5.75 Å². The third-order valence-electron chi connectivity index (χ3n) is 5.81. The third-order valence-corrected chi connectivity index (χ3v) is 5.81. The minimum absolute atomic E-state index is 0.137. The lowest BCUT2D eigenvalue weighted by Gasteiger charge is -2.37. The molecule has 1 fully saturated rings. The van der Waals surface area contributed by atoms with Gasteiger partial charge in [0, 0.05) is 11.9 Å². The molecule has 0 spiro atoms. The van der Waals surface area contributed by atoms with Gasteiger partial charge in [0.2, 0.25) is 0 Å². The Morgan fingerprint density at radius 1 is 1.27 bits per heavy atom. The van der Waals surface area contributed by atoms with Crippen LogP contribution in [-0.4, -0.2) is 52.6 Å². The highest BCUT2D eigenvalue weighted by Crippen LogP contribution is 2.40. The molecule has 9 heteroatoms. The molecule has 33 heavy (non-hydrogen) atoms. The number of phenols is 1. The molecule has 1 aliphatic heterocycles. The number of aromatic nitrogens is 1. The van der Waals surface area contributed by atoms with Crippen LogP contribution in [-0.2, 0) is 9.53 Å². The SMILES string of the molecule is CC(C)(C)OC(N)=O.O=C(O)C1CCCC[C@@H]1CN1CCOc2cnc3ccc(O)cc3c21. The number of nitrogens with two attached hydrogens (primary N) is 1. The van der Waals surface area contributed by atoms with Crippen molar-refractivity contribution in [2.24, 2.45) is 17.6 Å². The zero-order chi connectivity index (χ0) is 24.2. The van der Waals surface area contributed by atoms with Gasteiger partial charge in [-0.25, -0.2) is 4.79 Å². The lowest BCUT2D eigenvalue weighted by Crippen LogP contribution is -2.41. The van der Waals surface area contributed by atoms with Gasteiger partial charge in [0.1, 0.15) is 18.0 Å². The van der Waals surface area contributed by atoms with Crippen LogP contribution in [0.15, 0.2) is 24.4 Å². The van der Waals surface area contributed by atoms with E-state index in [0.717, 1.165) is 42.3 Å². The summed E-state index contributed by atoms with van der Waals surface area (Å²) in [6.07, 6.45) is 4.78. The lowest BCUT2D eigenvalue weighted by atomic mass is 9.79. The molecule has 0 saturated heterocycles. The molecular weight excluding hydrogens is 426 g/mol. The zero-order valence-corrected chi connectivity index (χ0v) is 19.4. The maximum Gasteiger partial charge on any atom is 0.405 e. The molecule has 1 aliphatic carbocycles. The number of carboxylic acids is 1. The van der Waals surface area contributed by atoms with Crippen LogP contribution in [0.2, 0.25) is 0 Å². The Hall–Kier alpha value is -3.23. The number of carbonyl (C=O) groups is 2. The van der Waals surface area contributed by atoms with Crippen LogP contribution >= 0.6 is 0 Å². The Morgan fingerprint density at radius 2 is 2.00 bits per heavy atom. The topological polar surface area (TPSA) is 135 Å². The molecule has 4 rings (SSSR count). The average Bonchev–Trinajstić information content (AvgIpc) is 2.72. The molecular formula is C24H33N3O6. The second kappa shape index (κ2) is 10.1. The highest BCUT2D eigenvalue weighted by atomic mass is 16.6. The van der Waals surface area contributed by atoms with E-state index in [1.807, 2.05) is 0 Å². The molecule has 2 aliphatic rings. The Balaban J connectivity index is 0.000000331. The number of hydrogen-bond donors (Lipinski definition) is 3.